The molecule has 1 aromatic heterocycles. The van der Waals surface area contributed by atoms with Gasteiger partial charge in [0.05, 0.1) is 12.2 Å². The highest BCUT2D eigenvalue weighted by atomic mass is 16.2. The van der Waals surface area contributed by atoms with Crippen LogP contribution in [0.1, 0.15) is 31.7 Å². The normalized spacial score (nSPS) is 16.4. The Kier molecular flexibility index (Phi) is 3.12. The van der Waals surface area contributed by atoms with E-state index in [1.54, 1.807) is 20.3 Å². The molecule has 1 aliphatic carbocycles. The molecule has 0 atom stereocenters. The first kappa shape index (κ1) is 11.0. The molecule has 0 bridgehead atoms. The fraction of sp³-hybridized carbons (Fsp3) is 0.636. The van der Waals surface area contributed by atoms with E-state index in [9.17, 15) is 4.79 Å². The number of carbonyl (C=O) groups is 1. The lowest BCUT2D eigenvalue weighted by atomic mass is 10.2. The van der Waals surface area contributed by atoms with Crippen LogP contribution in [0.25, 0.3) is 0 Å². The first-order valence-electron chi connectivity index (χ1n) is 5.70. The summed E-state index contributed by atoms with van der Waals surface area (Å²) in [5.41, 5.74) is 0. The molecule has 2 amide bonds. The van der Waals surface area contributed by atoms with E-state index in [-0.39, 0.29) is 6.03 Å². The number of anilines is 1. The monoisotopic (exact) mass is 222 g/mol. The van der Waals surface area contributed by atoms with Crippen LogP contribution in [0.2, 0.25) is 0 Å². The number of hydrogen-bond acceptors (Lipinski definition) is 2. The summed E-state index contributed by atoms with van der Waals surface area (Å²) in [4.78, 5) is 13.1. The number of nitrogens with zero attached hydrogens (tertiary/aromatic N) is 3. The third kappa shape index (κ3) is 2.18. The average molecular weight is 222 g/mol. The van der Waals surface area contributed by atoms with Crippen molar-refractivity contribution in [3.63, 3.8) is 0 Å². The second-order valence-corrected chi connectivity index (χ2v) is 4.42. The summed E-state index contributed by atoms with van der Waals surface area (Å²) >= 11 is 0. The van der Waals surface area contributed by atoms with Gasteiger partial charge in [0.25, 0.3) is 0 Å². The largest absolute Gasteiger partial charge is 0.331 e. The first-order chi connectivity index (χ1) is 7.68. The fourth-order valence-corrected chi connectivity index (χ4v) is 2.07. The minimum Gasteiger partial charge on any atom is -0.331 e. The predicted octanol–water partition coefficient (Wildman–Crippen LogP) is 2.09. The van der Waals surface area contributed by atoms with Crippen molar-refractivity contribution in [2.45, 2.75) is 31.7 Å². The maximum atomic E-state index is 11.6. The lowest BCUT2D eigenvalue weighted by Crippen LogP contribution is -2.28. The van der Waals surface area contributed by atoms with Gasteiger partial charge in [0.2, 0.25) is 0 Å². The number of nitrogens with one attached hydrogen (secondary N) is 1. The van der Waals surface area contributed by atoms with E-state index >= 15 is 0 Å². The minimum absolute atomic E-state index is 0.111. The molecule has 0 saturated heterocycles. The molecule has 0 spiro atoms. The molecule has 88 valence electrons. The van der Waals surface area contributed by atoms with E-state index in [0.717, 1.165) is 18.7 Å². The van der Waals surface area contributed by atoms with Crippen LogP contribution in [0.15, 0.2) is 12.3 Å². The van der Waals surface area contributed by atoms with Crippen molar-refractivity contribution in [2.24, 2.45) is 0 Å². The summed E-state index contributed by atoms with van der Waals surface area (Å²) in [5, 5.41) is 7.15. The van der Waals surface area contributed by atoms with Gasteiger partial charge in [0.1, 0.15) is 5.82 Å². The molecule has 0 unspecified atom stereocenters. The second-order valence-electron chi connectivity index (χ2n) is 4.42. The van der Waals surface area contributed by atoms with E-state index in [1.807, 2.05) is 10.7 Å². The standard InChI is InChI=1S/C11H18N4O/c1-14(2)11(16)13-10-7-8-12-15(10)9-5-3-4-6-9/h7-9H,3-6H2,1-2H3,(H,13,16). The van der Waals surface area contributed by atoms with Crippen molar-refractivity contribution < 1.29 is 4.79 Å². The highest BCUT2D eigenvalue weighted by molar-refractivity contribution is 5.87. The molecule has 16 heavy (non-hydrogen) atoms. The Balaban J connectivity index is 2.09. The van der Waals surface area contributed by atoms with Gasteiger partial charge >= 0.3 is 6.03 Å². The molecular formula is C11H18N4O. The van der Waals surface area contributed by atoms with Crippen molar-refractivity contribution in [2.75, 3.05) is 19.4 Å². The van der Waals surface area contributed by atoms with Crippen LogP contribution in [0.5, 0.6) is 0 Å². The topological polar surface area (TPSA) is 50.2 Å². The maximum absolute atomic E-state index is 11.6. The summed E-state index contributed by atoms with van der Waals surface area (Å²) in [7, 11) is 3.46. The molecule has 0 radical (unpaired) electrons. The molecule has 0 aromatic carbocycles. The van der Waals surface area contributed by atoms with E-state index in [2.05, 4.69) is 10.4 Å². The molecule has 5 nitrogen and oxygen atoms in total. The Morgan fingerprint density at radius 3 is 2.81 bits per heavy atom. The summed E-state index contributed by atoms with van der Waals surface area (Å²) in [6, 6.07) is 2.19. The zero-order valence-corrected chi connectivity index (χ0v) is 9.81. The zero-order chi connectivity index (χ0) is 11.5. The van der Waals surface area contributed by atoms with Gasteiger partial charge in [-0.05, 0) is 12.8 Å². The Morgan fingerprint density at radius 2 is 2.19 bits per heavy atom. The van der Waals surface area contributed by atoms with E-state index < -0.39 is 0 Å². The van der Waals surface area contributed by atoms with Gasteiger partial charge in [-0.1, -0.05) is 12.8 Å². The fourth-order valence-electron chi connectivity index (χ4n) is 2.07. The molecule has 1 heterocycles. The highest BCUT2D eigenvalue weighted by Crippen LogP contribution is 2.31. The number of amides is 2. The number of urea groups is 1. The van der Waals surface area contributed by atoms with Gasteiger partial charge in [0.15, 0.2) is 0 Å². The SMILES string of the molecule is CN(C)C(=O)Nc1ccnn1C1CCCC1. The quantitative estimate of drug-likeness (QED) is 0.833. The predicted molar refractivity (Wildman–Crippen MR) is 62.4 cm³/mol. The minimum atomic E-state index is -0.111. The third-order valence-electron chi connectivity index (χ3n) is 2.98. The van der Waals surface area contributed by atoms with Crippen LogP contribution >= 0.6 is 0 Å². The Labute approximate surface area is 95.4 Å². The molecule has 1 aliphatic rings. The van der Waals surface area contributed by atoms with Crippen molar-refractivity contribution in [3.05, 3.63) is 12.3 Å². The molecule has 0 aliphatic heterocycles. The number of rotatable bonds is 2. The lowest BCUT2D eigenvalue weighted by molar-refractivity contribution is 0.230. The van der Waals surface area contributed by atoms with E-state index in [1.165, 1.54) is 17.7 Å². The van der Waals surface area contributed by atoms with Crippen LogP contribution in [0.3, 0.4) is 0 Å². The summed E-state index contributed by atoms with van der Waals surface area (Å²) in [6.45, 7) is 0. The average Bonchev–Trinajstić information content (AvgIpc) is 2.85. The Bertz CT molecular complexity index is 366. The van der Waals surface area contributed by atoms with Gasteiger partial charge in [0, 0.05) is 20.2 Å². The smallest absolute Gasteiger partial charge is 0.322 e. The molecule has 2 rings (SSSR count). The molecular weight excluding hydrogens is 204 g/mol. The molecule has 1 fully saturated rings. The van der Waals surface area contributed by atoms with Crippen LogP contribution in [0.4, 0.5) is 10.6 Å². The van der Waals surface area contributed by atoms with Gasteiger partial charge in [-0.3, -0.25) is 5.32 Å². The number of hydrogen-bond donors (Lipinski definition) is 1. The van der Waals surface area contributed by atoms with Gasteiger partial charge in [-0.15, -0.1) is 0 Å². The lowest BCUT2D eigenvalue weighted by Gasteiger charge is -2.16. The Morgan fingerprint density at radius 1 is 1.50 bits per heavy atom. The molecule has 1 saturated carbocycles. The zero-order valence-electron chi connectivity index (χ0n) is 9.81. The summed E-state index contributed by atoms with van der Waals surface area (Å²) in [5.74, 6) is 0.797. The van der Waals surface area contributed by atoms with Crippen LogP contribution < -0.4 is 5.32 Å². The molecule has 1 N–H and O–H groups in total. The van der Waals surface area contributed by atoms with Crippen LogP contribution in [-0.2, 0) is 0 Å². The Hall–Kier alpha value is -1.52. The van der Waals surface area contributed by atoms with E-state index in [4.69, 9.17) is 0 Å². The van der Waals surface area contributed by atoms with Crippen molar-refractivity contribution >= 4 is 11.8 Å². The van der Waals surface area contributed by atoms with Crippen LogP contribution in [0, 0.1) is 0 Å². The van der Waals surface area contributed by atoms with E-state index in [0.29, 0.717) is 6.04 Å². The van der Waals surface area contributed by atoms with Crippen molar-refractivity contribution in [3.8, 4) is 0 Å². The third-order valence-corrected chi connectivity index (χ3v) is 2.98. The summed E-state index contributed by atoms with van der Waals surface area (Å²) in [6.07, 6.45) is 6.57. The summed E-state index contributed by atoms with van der Waals surface area (Å²) < 4.78 is 1.94. The first-order valence-corrected chi connectivity index (χ1v) is 5.70. The van der Waals surface area contributed by atoms with Crippen molar-refractivity contribution in [1.82, 2.24) is 14.7 Å². The second kappa shape index (κ2) is 4.55. The van der Waals surface area contributed by atoms with Gasteiger partial charge in [-0.2, -0.15) is 5.10 Å². The molecule has 1 aromatic rings. The number of aromatic nitrogens is 2. The highest BCUT2D eigenvalue weighted by Gasteiger charge is 2.20. The van der Waals surface area contributed by atoms with Crippen molar-refractivity contribution in [1.29, 1.82) is 0 Å². The number of carbonyl (C=O) groups excluding carboxylic acids is 1. The van der Waals surface area contributed by atoms with Gasteiger partial charge in [-0.25, -0.2) is 9.48 Å². The van der Waals surface area contributed by atoms with Gasteiger partial charge < -0.3 is 4.90 Å². The maximum Gasteiger partial charge on any atom is 0.322 e. The molecule has 5 heteroatoms. The van der Waals surface area contributed by atoms with Crippen LogP contribution in [-0.4, -0.2) is 34.8 Å².